The second-order valence-corrected chi connectivity index (χ2v) is 7.44. The highest BCUT2D eigenvalue weighted by molar-refractivity contribution is 5.88. The van der Waals surface area contributed by atoms with E-state index < -0.39 is 0 Å². The molecule has 3 aromatic carbocycles. The topological polar surface area (TPSA) is 34.2 Å². The molecule has 5 heteroatoms. The molecule has 0 amide bonds. The molecule has 1 aliphatic rings. The number of benzene rings is 3. The lowest BCUT2D eigenvalue weighted by atomic mass is 10.1. The van der Waals surface area contributed by atoms with E-state index in [0.29, 0.717) is 13.2 Å². The first-order valence-electron chi connectivity index (χ1n) is 10.6. The van der Waals surface area contributed by atoms with Gasteiger partial charge < -0.3 is 19.1 Å². The summed E-state index contributed by atoms with van der Waals surface area (Å²) in [5, 5.41) is 2.34. The molecule has 0 bridgehead atoms. The molecule has 3 aromatic rings. The van der Waals surface area contributed by atoms with Crippen LogP contribution in [0.4, 0.5) is 5.69 Å². The molecule has 1 saturated heterocycles. The largest absolute Gasteiger partial charge is 0.495 e. The Balaban J connectivity index is 1.14. The van der Waals surface area contributed by atoms with Crippen LogP contribution in [0.2, 0.25) is 0 Å². The van der Waals surface area contributed by atoms with Gasteiger partial charge in [0.2, 0.25) is 0 Å². The van der Waals surface area contributed by atoms with Gasteiger partial charge in [-0.25, -0.2) is 0 Å². The number of nitrogens with zero attached hydrogens (tertiary/aromatic N) is 2. The minimum absolute atomic E-state index is 0.565. The van der Waals surface area contributed by atoms with Gasteiger partial charge in [0.05, 0.1) is 26.0 Å². The van der Waals surface area contributed by atoms with Gasteiger partial charge in [0, 0.05) is 38.1 Å². The van der Waals surface area contributed by atoms with E-state index in [1.54, 1.807) is 7.11 Å². The van der Waals surface area contributed by atoms with Gasteiger partial charge in [-0.15, -0.1) is 0 Å². The fourth-order valence-electron chi connectivity index (χ4n) is 3.93. The van der Waals surface area contributed by atoms with Gasteiger partial charge in [-0.1, -0.05) is 48.5 Å². The predicted molar refractivity (Wildman–Crippen MR) is 122 cm³/mol. The Labute approximate surface area is 178 Å². The van der Waals surface area contributed by atoms with Crippen molar-refractivity contribution in [3.8, 4) is 11.5 Å². The van der Waals surface area contributed by atoms with E-state index in [9.17, 15) is 0 Å². The van der Waals surface area contributed by atoms with E-state index in [4.69, 9.17) is 14.2 Å². The standard InChI is InChI=1S/C25H30N2O3/c1-28-25-11-5-4-10-23(25)27-15-13-26(14-16-27)17-18-29-19-20-30-24-12-6-8-21-7-2-3-9-22(21)24/h2-12H,13-20H2,1H3. The summed E-state index contributed by atoms with van der Waals surface area (Å²) in [4.78, 5) is 4.85. The van der Waals surface area contributed by atoms with Gasteiger partial charge in [-0.3, -0.25) is 4.90 Å². The first kappa shape index (κ1) is 20.5. The molecule has 1 aliphatic heterocycles. The van der Waals surface area contributed by atoms with E-state index in [2.05, 4.69) is 40.1 Å². The lowest BCUT2D eigenvalue weighted by Crippen LogP contribution is -2.47. The van der Waals surface area contributed by atoms with Crippen molar-refractivity contribution in [3.05, 3.63) is 66.7 Å². The lowest BCUT2D eigenvalue weighted by molar-refractivity contribution is 0.0786. The number of ether oxygens (including phenoxy) is 3. The van der Waals surface area contributed by atoms with Crippen LogP contribution in [0.1, 0.15) is 0 Å². The van der Waals surface area contributed by atoms with Crippen molar-refractivity contribution in [3.63, 3.8) is 0 Å². The Morgan fingerprint density at radius 3 is 2.33 bits per heavy atom. The van der Waals surface area contributed by atoms with Crippen LogP contribution in [0, 0.1) is 0 Å². The number of rotatable bonds is 9. The van der Waals surface area contributed by atoms with Crippen LogP contribution < -0.4 is 14.4 Å². The summed E-state index contributed by atoms with van der Waals surface area (Å²) < 4.78 is 17.3. The second kappa shape index (κ2) is 10.3. The van der Waals surface area contributed by atoms with Crippen molar-refractivity contribution in [1.29, 1.82) is 0 Å². The van der Waals surface area contributed by atoms with Gasteiger partial charge in [0.15, 0.2) is 0 Å². The van der Waals surface area contributed by atoms with Gasteiger partial charge in [0.1, 0.15) is 18.1 Å². The average molecular weight is 407 g/mol. The molecule has 0 aromatic heterocycles. The van der Waals surface area contributed by atoms with Crippen LogP contribution >= 0.6 is 0 Å². The van der Waals surface area contributed by atoms with Crippen LogP contribution in [-0.4, -0.2) is 64.6 Å². The predicted octanol–water partition coefficient (Wildman–Crippen LogP) is 4.07. The Hall–Kier alpha value is -2.76. The van der Waals surface area contributed by atoms with E-state index in [-0.39, 0.29) is 0 Å². The highest BCUT2D eigenvalue weighted by Gasteiger charge is 2.19. The zero-order chi connectivity index (χ0) is 20.6. The lowest BCUT2D eigenvalue weighted by Gasteiger charge is -2.36. The van der Waals surface area contributed by atoms with Gasteiger partial charge in [0.25, 0.3) is 0 Å². The molecule has 4 rings (SSSR count). The Morgan fingerprint density at radius 2 is 1.47 bits per heavy atom. The fourth-order valence-corrected chi connectivity index (χ4v) is 3.93. The van der Waals surface area contributed by atoms with Crippen LogP contribution in [-0.2, 0) is 4.74 Å². The summed E-state index contributed by atoms with van der Waals surface area (Å²) in [6.45, 7) is 6.93. The quantitative estimate of drug-likeness (QED) is 0.501. The first-order chi connectivity index (χ1) is 14.8. The van der Waals surface area contributed by atoms with Crippen LogP contribution in [0.25, 0.3) is 10.8 Å². The SMILES string of the molecule is COc1ccccc1N1CCN(CCOCCOc2cccc3ccccc23)CC1. The summed E-state index contributed by atoms with van der Waals surface area (Å²) in [5.74, 6) is 1.87. The monoisotopic (exact) mass is 406 g/mol. The molecule has 0 aliphatic carbocycles. The minimum Gasteiger partial charge on any atom is -0.495 e. The fraction of sp³-hybridized carbons (Fsp3) is 0.360. The molecule has 158 valence electrons. The Kier molecular flexibility index (Phi) is 7.06. The molecular weight excluding hydrogens is 376 g/mol. The molecule has 0 saturated carbocycles. The molecule has 30 heavy (non-hydrogen) atoms. The van der Waals surface area contributed by atoms with Crippen molar-refractivity contribution >= 4 is 16.5 Å². The molecule has 1 fully saturated rings. The maximum absolute atomic E-state index is 5.94. The second-order valence-electron chi connectivity index (χ2n) is 7.44. The molecule has 0 atom stereocenters. The third-order valence-corrected chi connectivity index (χ3v) is 5.58. The van der Waals surface area contributed by atoms with Gasteiger partial charge in [-0.05, 0) is 23.6 Å². The average Bonchev–Trinajstić information content (AvgIpc) is 2.82. The number of hydrogen-bond acceptors (Lipinski definition) is 5. The van der Waals surface area contributed by atoms with Crippen molar-refractivity contribution in [2.75, 3.05) is 64.6 Å². The highest BCUT2D eigenvalue weighted by Crippen LogP contribution is 2.28. The van der Waals surface area contributed by atoms with Gasteiger partial charge >= 0.3 is 0 Å². The molecule has 0 N–H and O–H groups in total. The molecule has 0 spiro atoms. The number of methoxy groups -OCH3 is 1. The molecule has 0 radical (unpaired) electrons. The molecule has 0 unspecified atom stereocenters. The summed E-state index contributed by atoms with van der Waals surface area (Å²) >= 11 is 0. The van der Waals surface area contributed by atoms with E-state index >= 15 is 0 Å². The van der Waals surface area contributed by atoms with Crippen molar-refractivity contribution in [2.45, 2.75) is 0 Å². The minimum atomic E-state index is 0.565. The number of anilines is 1. The maximum Gasteiger partial charge on any atom is 0.142 e. The van der Waals surface area contributed by atoms with Crippen LogP contribution in [0.5, 0.6) is 11.5 Å². The maximum atomic E-state index is 5.94. The molecule has 1 heterocycles. The Bertz CT molecular complexity index is 933. The number of para-hydroxylation sites is 2. The number of piperazine rings is 1. The van der Waals surface area contributed by atoms with Crippen molar-refractivity contribution < 1.29 is 14.2 Å². The van der Waals surface area contributed by atoms with E-state index in [1.807, 2.05) is 36.4 Å². The summed E-state index contributed by atoms with van der Waals surface area (Å²) in [6, 6.07) is 22.7. The zero-order valence-corrected chi connectivity index (χ0v) is 17.6. The smallest absolute Gasteiger partial charge is 0.142 e. The van der Waals surface area contributed by atoms with Gasteiger partial charge in [-0.2, -0.15) is 0 Å². The number of fused-ring (bicyclic) bond motifs is 1. The Morgan fingerprint density at radius 1 is 0.733 bits per heavy atom. The van der Waals surface area contributed by atoms with Crippen LogP contribution in [0.15, 0.2) is 66.7 Å². The summed E-state index contributed by atoms with van der Waals surface area (Å²) in [6.07, 6.45) is 0. The van der Waals surface area contributed by atoms with Crippen LogP contribution in [0.3, 0.4) is 0 Å². The van der Waals surface area contributed by atoms with Crippen molar-refractivity contribution in [1.82, 2.24) is 4.90 Å². The third kappa shape index (κ3) is 5.04. The first-order valence-corrected chi connectivity index (χ1v) is 10.6. The number of hydrogen-bond donors (Lipinski definition) is 0. The van der Waals surface area contributed by atoms with E-state index in [0.717, 1.165) is 56.2 Å². The zero-order valence-electron chi connectivity index (χ0n) is 17.6. The summed E-state index contributed by atoms with van der Waals surface area (Å²) in [5.41, 5.74) is 1.18. The summed E-state index contributed by atoms with van der Waals surface area (Å²) in [7, 11) is 1.73. The highest BCUT2D eigenvalue weighted by atomic mass is 16.5. The van der Waals surface area contributed by atoms with Crippen molar-refractivity contribution in [2.24, 2.45) is 0 Å². The van der Waals surface area contributed by atoms with E-state index in [1.165, 1.54) is 11.1 Å². The third-order valence-electron chi connectivity index (χ3n) is 5.58. The molecular formula is C25H30N2O3. The normalized spacial score (nSPS) is 14.8. The molecule has 5 nitrogen and oxygen atoms in total.